The van der Waals surface area contributed by atoms with Crippen LogP contribution >= 0.6 is 0 Å². The minimum Gasteiger partial charge on any atom is -0.307 e. The lowest BCUT2D eigenvalue weighted by Crippen LogP contribution is -2.13. The van der Waals surface area contributed by atoms with Gasteiger partial charge in [0.25, 0.3) is 0 Å². The van der Waals surface area contributed by atoms with Gasteiger partial charge in [0, 0.05) is 11.4 Å². The second kappa shape index (κ2) is 6.63. The van der Waals surface area contributed by atoms with Crippen LogP contribution in [0.1, 0.15) is 16.7 Å². The molecule has 0 radical (unpaired) electrons. The molecule has 0 saturated heterocycles. The molecular weight excluding hydrogens is 323 g/mol. The molecule has 3 aromatic carbocycles. The molecule has 0 bridgehead atoms. The molecule has 0 N–H and O–H groups in total. The van der Waals surface area contributed by atoms with E-state index in [1.54, 1.807) is 31.2 Å². The zero-order chi connectivity index (χ0) is 18.1. The van der Waals surface area contributed by atoms with Gasteiger partial charge in [0.05, 0.1) is 5.69 Å². The summed E-state index contributed by atoms with van der Waals surface area (Å²) in [6.45, 7) is 5.09. The van der Waals surface area contributed by atoms with Crippen LogP contribution in [-0.4, -0.2) is 0 Å². The Labute approximate surface area is 145 Å². The summed E-state index contributed by atoms with van der Waals surface area (Å²) in [7, 11) is 0. The Morgan fingerprint density at radius 2 is 1.24 bits per heavy atom. The first-order chi connectivity index (χ1) is 11.9. The maximum absolute atomic E-state index is 14.6. The van der Waals surface area contributed by atoms with Crippen LogP contribution in [0.5, 0.6) is 0 Å². The Kier molecular flexibility index (Phi) is 4.53. The van der Waals surface area contributed by atoms with Gasteiger partial charge in [-0.15, -0.1) is 0 Å². The van der Waals surface area contributed by atoms with Crippen LogP contribution in [0, 0.1) is 38.2 Å². The van der Waals surface area contributed by atoms with E-state index in [0.29, 0.717) is 16.9 Å². The fraction of sp³-hybridized carbons (Fsp3) is 0.143. The molecule has 0 amide bonds. The van der Waals surface area contributed by atoms with Crippen molar-refractivity contribution in [2.45, 2.75) is 20.8 Å². The monoisotopic (exact) mass is 341 g/mol. The lowest BCUT2D eigenvalue weighted by atomic mass is 10.1. The number of nitrogens with zero attached hydrogens (tertiary/aromatic N) is 1. The van der Waals surface area contributed by atoms with Gasteiger partial charge in [0.1, 0.15) is 5.82 Å². The molecule has 0 heterocycles. The number of aryl methyl sites for hydroxylation is 3. The number of benzene rings is 3. The fourth-order valence-corrected chi connectivity index (χ4v) is 2.65. The first-order valence-electron chi connectivity index (χ1n) is 7.96. The van der Waals surface area contributed by atoms with Crippen LogP contribution in [0.2, 0.25) is 0 Å². The minimum absolute atomic E-state index is 0.0372. The van der Waals surface area contributed by atoms with Crippen LogP contribution in [0.25, 0.3) is 0 Å². The van der Waals surface area contributed by atoms with Crippen molar-refractivity contribution in [1.29, 1.82) is 0 Å². The summed E-state index contributed by atoms with van der Waals surface area (Å²) in [5.41, 5.74) is 2.83. The third kappa shape index (κ3) is 3.25. The zero-order valence-corrected chi connectivity index (χ0v) is 14.3. The van der Waals surface area contributed by atoms with Crippen molar-refractivity contribution in [3.8, 4) is 0 Å². The van der Waals surface area contributed by atoms with Crippen molar-refractivity contribution in [1.82, 2.24) is 0 Å². The van der Waals surface area contributed by atoms with Crippen LogP contribution in [0.3, 0.4) is 0 Å². The van der Waals surface area contributed by atoms with E-state index >= 15 is 0 Å². The molecule has 0 spiro atoms. The molecule has 128 valence electrons. The molecule has 3 rings (SSSR count). The minimum atomic E-state index is -0.957. The highest BCUT2D eigenvalue weighted by Gasteiger charge is 2.20. The normalized spacial score (nSPS) is 10.8. The highest BCUT2D eigenvalue weighted by atomic mass is 19.2. The maximum Gasteiger partial charge on any atom is 0.183 e. The molecular formula is C21H18F3N. The summed E-state index contributed by atoms with van der Waals surface area (Å²) in [5, 5.41) is 0. The Morgan fingerprint density at radius 1 is 0.640 bits per heavy atom. The van der Waals surface area contributed by atoms with Gasteiger partial charge in [0.2, 0.25) is 0 Å². The van der Waals surface area contributed by atoms with Crippen molar-refractivity contribution >= 4 is 17.1 Å². The van der Waals surface area contributed by atoms with E-state index in [1.807, 2.05) is 19.1 Å². The fourth-order valence-electron chi connectivity index (χ4n) is 2.65. The Hall–Kier alpha value is -2.75. The lowest BCUT2D eigenvalue weighted by Gasteiger charge is -2.26. The Morgan fingerprint density at radius 3 is 1.88 bits per heavy atom. The number of hydrogen-bond donors (Lipinski definition) is 0. The molecule has 3 aromatic rings. The predicted octanol–water partition coefficient (Wildman–Crippen LogP) is 6.50. The first-order valence-corrected chi connectivity index (χ1v) is 7.96. The van der Waals surface area contributed by atoms with Crippen molar-refractivity contribution in [2.75, 3.05) is 4.90 Å². The Balaban J connectivity index is 2.24. The number of hydrogen-bond acceptors (Lipinski definition) is 1. The molecule has 0 aliphatic carbocycles. The highest BCUT2D eigenvalue weighted by Crippen LogP contribution is 2.37. The van der Waals surface area contributed by atoms with Gasteiger partial charge in [-0.3, -0.25) is 0 Å². The van der Waals surface area contributed by atoms with Gasteiger partial charge in [0.15, 0.2) is 11.6 Å². The average Bonchev–Trinajstić information content (AvgIpc) is 2.59. The molecule has 0 aliphatic heterocycles. The van der Waals surface area contributed by atoms with Gasteiger partial charge in [-0.1, -0.05) is 29.8 Å². The van der Waals surface area contributed by atoms with E-state index in [1.165, 1.54) is 30.0 Å². The standard InChI is InChI=1S/C21H18F3N/c1-13-4-8-16(9-5-13)25(17-10-6-14(2)18(22)12-17)19-11-7-15(3)20(23)21(19)24/h4-12H,1-3H3. The molecule has 0 aromatic heterocycles. The van der Waals surface area contributed by atoms with E-state index in [9.17, 15) is 13.2 Å². The molecule has 0 unspecified atom stereocenters. The molecule has 0 atom stereocenters. The van der Waals surface area contributed by atoms with Gasteiger partial charge >= 0.3 is 0 Å². The van der Waals surface area contributed by atoms with E-state index in [4.69, 9.17) is 0 Å². The summed E-state index contributed by atoms with van der Waals surface area (Å²) in [6, 6.07) is 15.0. The van der Waals surface area contributed by atoms with Crippen molar-refractivity contribution in [3.05, 3.63) is 88.7 Å². The molecule has 1 nitrogen and oxygen atoms in total. The Bertz CT molecular complexity index is 917. The quantitative estimate of drug-likeness (QED) is 0.525. The van der Waals surface area contributed by atoms with Crippen LogP contribution in [0.15, 0.2) is 54.6 Å². The summed E-state index contributed by atoms with van der Waals surface area (Å²) >= 11 is 0. The second-order valence-electron chi connectivity index (χ2n) is 6.13. The van der Waals surface area contributed by atoms with E-state index in [2.05, 4.69) is 0 Å². The average molecular weight is 341 g/mol. The van der Waals surface area contributed by atoms with Crippen LogP contribution in [0.4, 0.5) is 30.2 Å². The van der Waals surface area contributed by atoms with Gasteiger partial charge in [-0.2, -0.15) is 0 Å². The zero-order valence-electron chi connectivity index (χ0n) is 14.3. The molecule has 0 saturated carbocycles. The maximum atomic E-state index is 14.6. The van der Waals surface area contributed by atoms with Gasteiger partial charge < -0.3 is 4.90 Å². The van der Waals surface area contributed by atoms with Crippen molar-refractivity contribution in [3.63, 3.8) is 0 Å². The predicted molar refractivity (Wildman–Crippen MR) is 95.2 cm³/mol. The van der Waals surface area contributed by atoms with Gasteiger partial charge in [-0.05, 0) is 62.2 Å². The van der Waals surface area contributed by atoms with E-state index < -0.39 is 17.5 Å². The summed E-state index contributed by atoms with van der Waals surface area (Å²) in [6.07, 6.45) is 0. The summed E-state index contributed by atoms with van der Waals surface area (Å²) in [5.74, 6) is -2.26. The van der Waals surface area contributed by atoms with Crippen molar-refractivity contribution < 1.29 is 13.2 Å². The third-order valence-electron chi connectivity index (χ3n) is 4.20. The van der Waals surface area contributed by atoms with Crippen LogP contribution in [-0.2, 0) is 0 Å². The van der Waals surface area contributed by atoms with Gasteiger partial charge in [-0.25, -0.2) is 13.2 Å². The molecule has 0 aliphatic rings. The van der Waals surface area contributed by atoms with E-state index in [0.717, 1.165) is 5.56 Å². The molecule has 25 heavy (non-hydrogen) atoms. The van der Waals surface area contributed by atoms with Crippen molar-refractivity contribution in [2.24, 2.45) is 0 Å². The second-order valence-corrected chi connectivity index (χ2v) is 6.13. The summed E-state index contributed by atoms with van der Waals surface area (Å²) < 4.78 is 42.8. The molecule has 4 heteroatoms. The molecule has 0 fully saturated rings. The summed E-state index contributed by atoms with van der Waals surface area (Å²) in [4.78, 5) is 1.51. The first kappa shape index (κ1) is 17.1. The smallest absolute Gasteiger partial charge is 0.183 e. The van der Waals surface area contributed by atoms with Crippen LogP contribution < -0.4 is 4.90 Å². The topological polar surface area (TPSA) is 3.24 Å². The third-order valence-corrected chi connectivity index (χ3v) is 4.20. The number of halogens is 3. The number of rotatable bonds is 3. The highest BCUT2D eigenvalue weighted by molar-refractivity contribution is 5.77. The number of anilines is 3. The lowest BCUT2D eigenvalue weighted by molar-refractivity contribution is 0.504. The largest absolute Gasteiger partial charge is 0.307 e. The SMILES string of the molecule is Cc1ccc(N(c2ccc(C)c(F)c2)c2ccc(C)c(F)c2F)cc1. The van der Waals surface area contributed by atoms with E-state index in [-0.39, 0.29) is 11.3 Å².